The zero-order valence-electron chi connectivity index (χ0n) is 27.3. The van der Waals surface area contributed by atoms with E-state index >= 15 is 0 Å². The van der Waals surface area contributed by atoms with Gasteiger partial charge in [0.05, 0.1) is 0 Å². The number of alkyl halides is 38. The molecular formula is C22F42O. The highest BCUT2D eigenvalue weighted by molar-refractivity contribution is 5.29. The normalized spacial score (nSPS) is 19.1. The summed E-state index contributed by atoms with van der Waals surface area (Å²) in [6.07, 6.45) is -35.0. The molecule has 0 rings (SSSR count). The Kier molecular flexibility index (Phi) is 14.7. The highest BCUT2D eigenvalue weighted by Crippen LogP contribution is 2.66. The number of hydrogen-bond acceptors (Lipinski definition) is 1. The number of rotatable bonds is 16. The lowest BCUT2D eigenvalue weighted by molar-refractivity contribution is -0.451. The quantitative estimate of drug-likeness (QED) is 0.140. The van der Waals surface area contributed by atoms with Crippen molar-refractivity contribution in [2.24, 2.45) is 0 Å². The first-order valence-electron chi connectivity index (χ1n) is 13.3. The molecule has 0 aromatic heterocycles. The SMILES string of the molecule is FC(=C(F)C(F)(OC(F)(C(F)=C(F)C(F)(F)C(F)(F)C(F)(F)C(F)(F)C(F)(F)C(F)(F)C(F)(F)F)C(F)(F)F)C(F)(F)F)C(F)(F)C(F)(F)C(F)(F)C(F)(F)C(F)(F)C(F)(F)C(F)(F)F. The van der Waals surface area contributed by atoms with E-state index in [1.54, 1.807) is 0 Å². The summed E-state index contributed by atoms with van der Waals surface area (Å²) in [7, 11) is 0. The molecule has 388 valence electrons. The van der Waals surface area contributed by atoms with Gasteiger partial charge in [0.25, 0.3) is 0 Å². The largest absolute Gasteiger partial charge is 0.460 e. The van der Waals surface area contributed by atoms with Gasteiger partial charge in [-0.05, 0) is 0 Å². The Bertz CT molecular complexity index is 1680. The molecule has 0 aliphatic carbocycles. The average molecular weight is 1080 g/mol. The van der Waals surface area contributed by atoms with Crippen molar-refractivity contribution in [3.05, 3.63) is 23.3 Å². The lowest BCUT2D eigenvalue weighted by Gasteiger charge is -2.41. The fourth-order valence-electron chi connectivity index (χ4n) is 3.42. The topological polar surface area (TPSA) is 9.23 Å². The van der Waals surface area contributed by atoms with Crippen LogP contribution in [0.5, 0.6) is 0 Å². The monoisotopic (exact) mass is 1080 g/mol. The molecule has 2 atom stereocenters. The molecule has 0 aromatic rings. The van der Waals surface area contributed by atoms with Gasteiger partial charge in [0.1, 0.15) is 0 Å². The molecule has 0 saturated heterocycles. The van der Waals surface area contributed by atoms with Crippen molar-refractivity contribution >= 4 is 0 Å². The molecule has 0 radical (unpaired) electrons. The van der Waals surface area contributed by atoms with Crippen LogP contribution in [-0.4, -0.2) is 107 Å². The highest BCUT2D eigenvalue weighted by Gasteiger charge is 2.96. The number of allylic oxidation sites excluding steroid dienone is 2. The predicted molar refractivity (Wildman–Crippen MR) is 111 cm³/mol. The second-order valence-electron chi connectivity index (χ2n) is 11.4. The third kappa shape index (κ3) is 8.04. The minimum Gasteiger partial charge on any atom is -0.282 e. The van der Waals surface area contributed by atoms with Crippen molar-refractivity contribution in [2.75, 3.05) is 0 Å². The number of hydrogen-bond donors (Lipinski definition) is 0. The smallest absolute Gasteiger partial charge is 0.282 e. The van der Waals surface area contributed by atoms with E-state index in [4.69, 9.17) is 0 Å². The molecule has 0 N–H and O–H groups in total. The summed E-state index contributed by atoms with van der Waals surface area (Å²) in [5.74, 6) is -160. The van der Waals surface area contributed by atoms with Crippen LogP contribution in [-0.2, 0) is 4.74 Å². The molecule has 0 spiro atoms. The summed E-state index contributed by atoms with van der Waals surface area (Å²) in [6, 6.07) is 0. The molecule has 0 fully saturated rings. The summed E-state index contributed by atoms with van der Waals surface area (Å²) in [5, 5.41) is 0. The van der Waals surface area contributed by atoms with Crippen LogP contribution in [0.2, 0.25) is 0 Å². The lowest BCUT2D eigenvalue weighted by atomic mass is 9.90. The maximum atomic E-state index is 14.6. The van der Waals surface area contributed by atoms with E-state index < -0.39 is 131 Å². The number of ether oxygens (including phenoxy) is 1. The van der Waals surface area contributed by atoms with Gasteiger partial charge >= 0.3 is 107 Å². The molecule has 0 heterocycles. The molecule has 0 amide bonds. The molecule has 43 heteroatoms. The highest BCUT2D eigenvalue weighted by atomic mass is 19.5. The van der Waals surface area contributed by atoms with Gasteiger partial charge in [0.15, 0.2) is 0 Å². The molecule has 0 aliphatic heterocycles. The van der Waals surface area contributed by atoms with Crippen LogP contribution in [0.15, 0.2) is 23.3 Å². The standard InChI is InChI=1S/C22F42O/c23-1(5(27,28)9(33,34)11(37,38)13(41,42)15(45,46)17(49,50)21(59,60)61)3(25)7(31,19(53,54)55)65-8(32,20(56,57)58)4(26)2(24)6(29,30)10(35,36)12(39,40)14(43,44)16(47,48)18(51,52)22(62,63)64. The fourth-order valence-corrected chi connectivity index (χ4v) is 3.42. The van der Waals surface area contributed by atoms with Crippen LogP contribution in [0.1, 0.15) is 0 Å². The van der Waals surface area contributed by atoms with Crippen LogP contribution < -0.4 is 0 Å². The minimum atomic E-state index is -9.80. The first-order valence-corrected chi connectivity index (χ1v) is 13.3. The fraction of sp³-hybridized carbons (Fsp3) is 0.818. The zero-order chi connectivity index (χ0) is 54.0. The van der Waals surface area contributed by atoms with Crippen LogP contribution in [0.4, 0.5) is 184 Å². The summed E-state index contributed by atoms with van der Waals surface area (Å²) in [4.78, 5) is 0. The predicted octanol–water partition coefficient (Wildman–Crippen LogP) is 14.5. The van der Waals surface area contributed by atoms with E-state index in [0.717, 1.165) is 4.74 Å². The Morgan fingerprint density at radius 3 is 0.492 bits per heavy atom. The van der Waals surface area contributed by atoms with Crippen LogP contribution in [0, 0.1) is 0 Å². The van der Waals surface area contributed by atoms with E-state index in [9.17, 15) is 184 Å². The van der Waals surface area contributed by atoms with Crippen molar-refractivity contribution in [3.8, 4) is 0 Å². The first kappa shape index (κ1) is 61.5. The van der Waals surface area contributed by atoms with Gasteiger partial charge < -0.3 is 0 Å². The van der Waals surface area contributed by atoms with Gasteiger partial charge in [0, 0.05) is 0 Å². The summed E-state index contributed by atoms with van der Waals surface area (Å²) < 4.78 is 563. The molecule has 0 bridgehead atoms. The Morgan fingerprint density at radius 2 is 0.338 bits per heavy atom. The summed E-state index contributed by atoms with van der Waals surface area (Å²) >= 11 is 0. The van der Waals surface area contributed by atoms with Gasteiger partial charge in [-0.2, -0.15) is 167 Å². The molecule has 0 aliphatic rings. The summed E-state index contributed by atoms with van der Waals surface area (Å²) in [5.41, 5.74) is 0. The third-order valence-electron chi connectivity index (χ3n) is 7.17. The minimum absolute atomic E-state index is 0.869. The second kappa shape index (κ2) is 15.5. The van der Waals surface area contributed by atoms with Crippen LogP contribution in [0.25, 0.3) is 0 Å². The average Bonchev–Trinajstić information content (AvgIpc) is 3.06. The van der Waals surface area contributed by atoms with Gasteiger partial charge in [-0.25, -0.2) is 17.6 Å². The van der Waals surface area contributed by atoms with Gasteiger partial charge in [-0.3, -0.25) is 4.74 Å². The van der Waals surface area contributed by atoms with Crippen molar-refractivity contribution < 1.29 is 189 Å². The zero-order valence-corrected chi connectivity index (χ0v) is 27.3. The third-order valence-corrected chi connectivity index (χ3v) is 7.17. The van der Waals surface area contributed by atoms with Crippen molar-refractivity contribution in [3.63, 3.8) is 0 Å². The van der Waals surface area contributed by atoms with Gasteiger partial charge in [-0.1, -0.05) is 0 Å². The van der Waals surface area contributed by atoms with E-state index in [2.05, 4.69) is 0 Å². The molecular weight excluding hydrogens is 1080 g/mol. The molecule has 2 unspecified atom stereocenters. The Morgan fingerprint density at radius 1 is 0.185 bits per heavy atom. The second-order valence-corrected chi connectivity index (χ2v) is 11.4. The Balaban J connectivity index is 8.37. The lowest BCUT2D eigenvalue weighted by Crippen LogP contribution is -2.72. The van der Waals surface area contributed by atoms with Crippen molar-refractivity contribution in [2.45, 2.75) is 107 Å². The first-order chi connectivity index (χ1) is 27.3. The summed E-state index contributed by atoms with van der Waals surface area (Å²) in [6.45, 7) is 0. The van der Waals surface area contributed by atoms with Crippen LogP contribution >= 0.6 is 0 Å². The molecule has 65 heavy (non-hydrogen) atoms. The molecule has 1 nitrogen and oxygen atoms in total. The van der Waals surface area contributed by atoms with E-state index in [1.165, 1.54) is 0 Å². The Labute approximate surface area is 321 Å². The van der Waals surface area contributed by atoms with Crippen LogP contribution in [0.3, 0.4) is 0 Å². The van der Waals surface area contributed by atoms with E-state index in [1.807, 2.05) is 0 Å². The maximum absolute atomic E-state index is 14.6. The van der Waals surface area contributed by atoms with Crippen molar-refractivity contribution in [1.29, 1.82) is 0 Å². The molecule has 0 saturated carbocycles. The van der Waals surface area contributed by atoms with Gasteiger partial charge in [-0.15, -0.1) is 0 Å². The van der Waals surface area contributed by atoms with Crippen molar-refractivity contribution in [1.82, 2.24) is 0 Å². The van der Waals surface area contributed by atoms with E-state index in [0.29, 0.717) is 0 Å². The van der Waals surface area contributed by atoms with E-state index in [-0.39, 0.29) is 0 Å². The molecule has 0 aromatic carbocycles. The number of halogens is 42. The maximum Gasteiger partial charge on any atom is 0.460 e. The Hall–Kier alpha value is -3.50. The van der Waals surface area contributed by atoms with Gasteiger partial charge in [0.2, 0.25) is 23.3 Å².